The zero-order valence-corrected chi connectivity index (χ0v) is 8.84. The van der Waals surface area contributed by atoms with Crippen molar-refractivity contribution in [2.24, 2.45) is 0 Å². The zero-order valence-electron chi connectivity index (χ0n) is 8.84. The third-order valence-electron chi connectivity index (χ3n) is 2.35. The number of hydrogen-bond acceptors (Lipinski definition) is 4. The highest BCUT2D eigenvalue weighted by molar-refractivity contribution is 4.96. The predicted molar refractivity (Wildman–Crippen MR) is 53.4 cm³/mol. The molecule has 0 bridgehead atoms. The maximum atomic E-state index is 11.5. The van der Waals surface area contributed by atoms with E-state index in [9.17, 15) is 4.79 Å². The predicted octanol–water partition coefficient (Wildman–Crippen LogP) is 0.833. The van der Waals surface area contributed by atoms with Crippen LogP contribution < -0.4 is 5.69 Å². The summed E-state index contributed by atoms with van der Waals surface area (Å²) in [6, 6.07) is 1.78. The fourth-order valence-electron chi connectivity index (χ4n) is 1.52. The molecule has 5 heteroatoms. The van der Waals surface area contributed by atoms with Gasteiger partial charge in [-0.25, -0.2) is 4.79 Å². The Hall–Kier alpha value is -1.20. The van der Waals surface area contributed by atoms with Crippen LogP contribution in [0.5, 0.6) is 0 Å². The minimum Gasteiger partial charge on any atom is -0.348 e. The summed E-state index contributed by atoms with van der Waals surface area (Å²) in [5.74, 6) is 0. The van der Waals surface area contributed by atoms with Gasteiger partial charge >= 0.3 is 5.69 Å². The highest BCUT2D eigenvalue weighted by atomic mass is 16.7. The summed E-state index contributed by atoms with van der Waals surface area (Å²) < 4.78 is 12.3. The van der Waals surface area contributed by atoms with Crippen LogP contribution in [0.2, 0.25) is 0 Å². The van der Waals surface area contributed by atoms with Gasteiger partial charge in [0, 0.05) is 11.9 Å². The summed E-state index contributed by atoms with van der Waals surface area (Å²) in [6.07, 6.45) is 1.93. The van der Waals surface area contributed by atoms with E-state index in [2.05, 4.69) is 4.98 Å². The Morgan fingerprint density at radius 3 is 3.07 bits per heavy atom. The summed E-state index contributed by atoms with van der Waals surface area (Å²) in [5.41, 5.74) is 0.419. The van der Waals surface area contributed by atoms with Gasteiger partial charge in [-0.15, -0.1) is 0 Å². The molecule has 1 saturated heterocycles. The first-order chi connectivity index (χ1) is 7.20. The van der Waals surface area contributed by atoms with Crippen LogP contribution in [0.1, 0.15) is 25.3 Å². The zero-order chi connectivity index (χ0) is 10.8. The highest BCUT2D eigenvalue weighted by Crippen LogP contribution is 2.20. The van der Waals surface area contributed by atoms with Crippen molar-refractivity contribution in [3.8, 4) is 0 Å². The molecule has 82 valence electrons. The van der Waals surface area contributed by atoms with Crippen molar-refractivity contribution in [1.29, 1.82) is 0 Å². The molecule has 15 heavy (non-hydrogen) atoms. The Labute approximate surface area is 87.7 Å². The number of ether oxygens (including phenoxy) is 2. The lowest BCUT2D eigenvalue weighted by Gasteiger charge is -2.12. The lowest BCUT2D eigenvalue weighted by atomic mass is 10.4. The van der Waals surface area contributed by atoms with Gasteiger partial charge in [-0.3, -0.25) is 4.57 Å². The molecule has 0 aromatic carbocycles. The number of hydrogen-bond donors (Lipinski definition) is 0. The summed E-state index contributed by atoms with van der Waals surface area (Å²) >= 11 is 0. The largest absolute Gasteiger partial charge is 0.349 e. The molecule has 1 aromatic heterocycles. The van der Waals surface area contributed by atoms with Crippen molar-refractivity contribution in [1.82, 2.24) is 9.55 Å². The van der Waals surface area contributed by atoms with Crippen LogP contribution in [-0.2, 0) is 9.47 Å². The molecule has 1 fully saturated rings. The Balaban J connectivity index is 2.20. The van der Waals surface area contributed by atoms with E-state index in [1.165, 1.54) is 4.57 Å². The van der Waals surface area contributed by atoms with Crippen LogP contribution in [0.3, 0.4) is 0 Å². The van der Waals surface area contributed by atoms with E-state index in [-0.39, 0.29) is 18.2 Å². The summed E-state index contributed by atoms with van der Waals surface area (Å²) in [5, 5.41) is 0. The van der Waals surface area contributed by atoms with Crippen LogP contribution in [-0.4, -0.2) is 22.4 Å². The van der Waals surface area contributed by atoms with Gasteiger partial charge < -0.3 is 9.47 Å². The normalized spacial score (nSPS) is 25.7. The van der Waals surface area contributed by atoms with Crippen LogP contribution >= 0.6 is 0 Å². The summed E-state index contributed by atoms with van der Waals surface area (Å²) in [7, 11) is 0. The SMILES string of the molecule is CC[C@H]1OC[C@@H](n2ccc(C)nc2=O)O1. The molecular formula is C10H14N2O3. The van der Waals surface area contributed by atoms with E-state index in [1.54, 1.807) is 19.2 Å². The molecular weight excluding hydrogens is 196 g/mol. The molecule has 2 atom stereocenters. The summed E-state index contributed by atoms with van der Waals surface area (Å²) in [6.45, 7) is 4.17. The Morgan fingerprint density at radius 2 is 2.47 bits per heavy atom. The first-order valence-corrected chi connectivity index (χ1v) is 5.03. The number of aromatic nitrogens is 2. The second kappa shape index (κ2) is 4.12. The van der Waals surface area contributed by atoms with Crippen molar-refractivity contribution in [3.63, 3.8) is 0 Å². The van der Waals surface area contributed by atoms with Crippen molar-refractivity contribution in [2.75, 3.05) is 6.61 Å². The second-order valence-corrected chi connectivity index (χ2v) is 3.52. The van der Waals surface area contributed by atoms with E-state index in [1.807, 2.05) is 6.92 Å². The van der Waals surface area contributed by atoms with Gasteiger partial charge in [0.15, 0.2) is 12.5 Å². The lowest BCUT2D eigenvalue weighted by Crippen LogP contribution is -2.28. The Bertz CT molecular complexity index is 402. The minimum atomic E-state index is -0.337. The molecule has 0 amide bonds. The van der Waals surface area contributed by atoms with E-state index in [0.717, 1.165) is 6.42 Å². The van der Waals surface area contributed by atoms with Gasteiger partial charge in [0.1, 0.15) is 0 Å². The molecule has 1 aliphatic heterocycles. The molecule has 1 aromatic rings. The highest BCUT2D eigenvalue weighted by Gasteiger charge is 2.26. The molecule has 5 nitrogen and oxygen atoms in total. The van der Waals surface area contributed by atoms with E-state index in [4.69, 9.17) is 9.47 Å². The van der Waals surface area contributed by atoms with Crippen LogP contribution in [0, 0.1) is 6.92 Å². The lowest BCUT2D eigenvalue weighted by molar-refractivity contribution is -0.0731. The third kappa shape index (κ3) is 2.08. The molecule has 2 rings (SSSR count). The van der Waals surface area contributed by atoms with E-state index in [0.29, 0.717) is 12.3 Å². The first kappa shape index (κ1) is 10.3. The quantitative estimate of drug-likeness (QED) is 0.725. The first-order valence-electron chi connectivity index (χ1n) is 5.03. The maximum Gasteiger partial charge on any atom is 0.349 e. The monoisotopic (exact) mass is 210 g/mol. The van der Waals surface area contributed by atoms with Crippen molar-refractivity contribution in [2.45, 2.75) is 32.8 Å². The molecule has 0 spiro atoms. The number of nitrogens with zero attached hydrogens (tertiary/aromatic N) is 2. The van der Waals surface area contributed by atoms with Gasteiger partial charge in [0.05, 0.1) is 6.61 Å². The maximum absolute atomic E-state index is 11.5. The van der Waals surface area contributed by atoms with Crippen molar-refractivity contribution >= 4 is 0 Å². The molecule has 0 radical (unpaired) electrons. The molecule has 2 heterocycles. The standard InChI is InChI=1S/C10H14N2O3/c1-3-9-14-6-8(15-9)12-5-4-7(2)11-10(12)13/h4-5,8-9H,3,6H2,1-2H3/t8-,9-/m0/s1. The van der Waals surface area contributed by atoms with Crippen LogP contribution in [0.25, 0.3) is 0 Å². The minimum absolute atomic E-state index is 0.205. The number of aryl methyl sites for hydroxylation is 1. The molecule has 0 aliphatic carbocycles. The fraction of sp³-hybridized carbons (Fsp3) is 0.600. The van der Waals surface area contributed by atoms with Crippen molar-refractivity contribution < 1.29 is 9.47 Å². The molecule has 0 saturated carbocycles. The summed E-state index contributed by atoms with van der Waals surface area (Å²) in [4.78, 5) is 15.4. The Morgan fingerprint density at radius 1 is 1.67 bits per heavy atom. The van der Waals surface area contributed by atoms with Crippen molar-refractivity contribution in [3.05, 3.63) is 28.4 Å². The van der Waals surface area contributed by atoms with E-state index >= 15 is 0 Å². The van der Waals surface area contributed by atoms with Gasteiger partial charge in [0.2, 0.25) is 0 Å². The average molecular weight is 210 g/mol. The van der Waals surface area contributed by atoms with Gasteiger partial charge in [-0.1, -0.05) is 6.92 Å². The van der Waals surface area contributed by atoms with Gasteiger partial charge in [-0.2, -0.15) is 4.98 Å². The molecule has 1 aliphatic rings. The van der Waals surface area contributed by atoms with Gasteiger partial charge in [0.25, 0.3) is 0 Å². The van der Waals surface area contributed by atoms with Crippen LogP contribution in [0.4, 0.5) is 0 Å². The average Bonchev–Trinajstić information content (AvgIpc) is 2.66. The van der Waals surface area contributed by atoms with E-state index < -0.39 is 0 Å². The Kier molecular flexibility index (Phi) is 2.83. The van der Waals surface area contributed by atoms with Crippen LogP contribution in [0.15, 0.2) is 17.1 Å². The fourth-order valence-corrected chi connectivity index (χ4v) is 1.52. The smallest absolute Gasteiger partial charge is 0.348 e. The second-order valence-electron chi connectivity index (χ2n) is 3.52. The molecule has 0 N–H and O–H groups in total. The topological polar surface area (TPSA) is 53.4 Å². The number of rotatable bonds is 2. The molecule has 0 unspecified atom stereocenters. The third-order valence-corrected chi connectivity index (χ3v) is 2.35. The van der Waals surface area contributed by atoms with Gasteiger partial charge in [-0.05, 0) is 19.4 Å².